The summed E-state index contributed by atoms with van der Waals surface area (Å²) in [5.41, 5.74) is 5.21. The minimum atomic E-state index is -2.80. The number of anilines is 2. The number of nitrogens with zero attached hydrogens (tertiary/aromatic N) is 3. The molecular weight excluding hydrogens is 180 g/mol. The number of nitrogens with one attached hydrogen (secondary N) is 1. The highest BCUT2D eigenvalue weighted by atomic mass is 19.3. The Labute approximate surface area is 73.4 Å². The second-order valence-corrected chi connectivity index (χ2v) is 2.59. The molecule has 0 aliphatic carbocycles. The van der Waals surface area contributed by atoms with Crippen molar-refractivity contribution in [3.8, 4) is 0 Å². The summed E-state index contributed by atoms with van der Waals surface area (Å²) in [6, 6.07) is 0. The summed E-state index contributed by atoms with van der Waals surface area (Å²) >= 11 is 0. The summed E-state index contributed by atoms with van der Waals surface area (Å²) in [6.45, 7) is 0.265. The molecule has 7 heteroatoms. The van der Waals surface area contributed by atoms with Gasteiger partial charge >= 0.3 is 0 Å². The molecule has 0 saturated carbocycles. The van der Waals surface area contributed by atoms with Crippen LogP contribution < -0.4 is 11.1 Å². The van der Waals surface area contributed by atoms with Gasteiger partial charge in [0.2, 0.25) is 11.9 Å². The molecule has 0 bridgehead atoms. The highest BCUT2D eigenvalue weighted by Gasteiger charge is 2.20. The number of hydrogen-bond acceptors (Lipinski definition) is 5. The van der Waals surface area contributed by atoms with E-state index in [-0.39, 0.29) is 11.9 Å². The molecule has 0 fully saturated rings. The van der Waals surface area contributed by atoms with Gasteiger partial charge in [0.1, 0.15) is 6.33 Å². The summed E-state index contributed by atoms with van der Waals surface area (Å²) in [6.07, 6.45) is 1.15. The number of halogens is 2. The molecule has 1 aromatic rings. The Balaban J connectivity index is 2.55. The predicted octanol–water partition coefficient (Wildman–Crippen LogP) is 0.521. The lowest BCUT2D eigenvalue weighted by Crippen LogP contribution is -2.24. The fourth-order valence-electron chi connectivity index (χ4n) is 0.628. The molecule has 5 nitrogen and oxygen atoms in total. The van der Waals surface area contributed by atoms with Gasteiger partial charge in [-0.3, -0.25) is 0 Å². The Morgan fingerprint density at radius 2 is 2.23 bits per heavy atom. The molecule has 72 valence electrons. The van der Waals surface area contributed by atoms with Crippen molar-refractivity contribution >= 4 is 11.9 Å². The van der Waals surface area contributed by atoms with Gasteiger partial charge in [0.15, 0.2) is 0 Å². The Hall–Kier alpha value is -1.53. The molecule has 0 aromatic carbocycles. The van der Waals surface area contributed by atoms with Gasteiger partial charge in [-0.15, -0.1) is 0 Å². The molecule has 0 aliphatic rings. The van der Waals surface area contributed by atoms with E-state index in [4.69, 9.17) is 5.73 Å². The SMILES string of the molecule is CC(F)(F)CNc1ncnc(N)n1. The number of rotatable bonds is 3. The average molecular weight is 189 g/mol. The quantitative estimate of drug-likeness (QED) is 0.724. The summed E-state index contributed by atoms with van der Waals surface area (Å²) in [5, 5.41) is 2.33. The first-order valence-electron chi connectivity index (χ1n) is 3.53. The van der Waals surface area contributed by atoms with Gasteiger partial charge in [-0.25, -0.2) is 18.7 Å². The predicted molar refractivity (Wildman–Crippen MR) is 43.4 cm³/mol. The van der Waals surface area contributed by atoms with Crippen LogP contribution in [0.3, 0.4) is 0 Å². The molecule has 0 unspecified atom stereocenters. The van der Waals surface area contributed by atoms with Crippen LogP contribution in [0.2, 0.25) is 0 Å². The number of nitrogens with two attached hydrogens (primary N) is 1. The van der Waals surface area contributed by atoms with E-state index in [0.29, 0.717) is 0 Å². The fourth-order valence-corrected chi connectivity index (χ4v) is 0.628. The highest BCUT2D eigenvalue weighted by molar-refractivity contribution is 5.28. The maximum absolute atomic E-state index is 12.3. The molecule has 13 heavy (non-hydrogen) atoms. The molecule has 1 aromatic heterocycles. The van der Waals surface area contributed by atoms with Crippen LogP contribution >= 0.6 is 0 Å². The lowest BCUT2D eigenvalue weighted by Gasteiger charge is -2.10. The summed E-state index contributed by atoms with van der Waals surface area (Å²) < 4.78 is 24.7. The maximum atomic E-state index is 12.3. The van der Waals surface area contributed by atoms with Crippen molar-refractivity contribution in [2.24, 2.45) is 0 Å². The van der Waals surface area contributed by atoms with Gasteiger partial charge in [0.05, 0.1) is 6.54 Å². The lowest BCUT2D eigenvalue weighted by atomic mass is 10.4. The van der Waals surface area contributed by atoms with Crippen LogP contribution in [0.4, 0.5) is 20.7 Å². The monoisotopic (exact) mass is 189 g/mol. The van der Waals surface area contributed by atoms with Gasteiger partial charge in [-0.2, -0.15) is 4.98 Å². The summed E-state index contributed by atoms with van der Waals surface area (Å²) in [7, 11) is 0. The molecule has 0 aliphatic heterocycles. The van der Waals surface area contributed by atoms with E-state index in [0.717, 1.165) is 13.3 Å². The molecule has 1 rings (SSSR count). The molecule has 1 heterocycles. The normalized spacial score (nSPS) is 11.3. The van der Waals surface area contributed by atoms with E-state index in [1.54, 1.807) is 0 Å². The third-order valence-corrected chi connectivity index (χ3v) is 1.15. The standard InChI is InChI=1S/C6H9F2N5/c1-6(7,8)2-10-5-12-3-11-4(9)13-5/h3H,2H2,1H3,(H3,9,10,11,12,13). The smallest absolute Gasteiger partial charge is 0.262 e. The van der Waals surface area contributed by atoms with E-state index in [9.17, 15) is 8.78 Å². The highest BCUT2D eigenvalue weighted by Crippen LogP contribution is 2.11. The van der Waals surface area contributed by atoms with Crippen LogP contribution in [0.15, 0.2) is 6.33 Å². The van der Waals surface area contributed by atoms with Crippen LogP contribution in [0.1, 0.15) is 6.92 Å². The van der Waals surface area contributed by atoms with E-state index in [2.05, 4.69) is 20.3 Å². The molecule has 0 spiro atoms. The van der Waals surface area contributed by atoms with Crippen molar-refractivity contribution in [1.29, 1.82) is 0 Å². The minimum absolute atomic E-state index is 0.00285. The van der Waals surface area contributed by atoms with Gasteiger partial charge in [0, 0.05) is 6.92 Å². The van der Waals surface area contributed by atoms with Gasteiger partial charge in [-0.1, -0.05) is 0 Å². The molecule has 3 N–H and O–H groups in total. The van der Waals surface area contributed by atoms with Crippen LogP contribution in [0, 0.1) is 0 Å². The van der Waals surface area contributed by atoms with Gasteiger partial charge in [0.25, 0.3) is 5.92 Å². The van der Waals surface area contributed by atoms with Crippen LogP contribution in [-0.4, -0.2) is 27.4 Å². The number of aromatic nitrogens is 3. The largest absolute Gasteiger partial charge is 0.368 e. The Morgan fingerprint density at radius 3 is 2.77 bits per heavy atom. The molecule has 0 atom stereocenters. The average Bonchev–Trinajstić information content (AvgIpc) is 2.00. The Kier molecular flexibility index (Phi) is 2.54. The van der Waals surface area contributed by atoms with Crippen LogP contribution in [-0.2, 0) is 0 Å². The first kappa shape index (κ1) is 9.56. The topological polar surface area (TPSA) is 76.7 Å². The summed E-state index contributed by atoms with van der Waals surface area (Å²) in [5.74, 6) is -2.76. The van der Waals surface area contributed by atoms with Crippen LogP contribution in [0.25, 0.3) is 0 Å². The molecular formula is C6H9F2N5. The Bertz CT molecular complexity index is 285. The maximum Gasteiger partial charge on any atom is 0.262 e. The second-order valence-electron chi connectivity index (χ2n) is 2.59. The van der Waals surface area contributed by atoms with Crippen molar-refractivity contribution in [2.75, 3.05) is 17.6 Å². The van der Waals surface area contributed by atoms with Crippen molar-refractivity contribution in [3.63, 3.8) is 0 Å². The lowest BCUT2D eigenvalue weighted by molar-refractivity contribution is 0.0366. The number of alkyl halides is 2. The van der Waals surface area contributed by atoms with Crippen LogP contribution in [0.5, 0.6) is 0 Å². The van der Waals surface area contributed by atoms with E-state index < -0.39 is 12.5 Å². The van der Waals surface area contributed by atoms with E-state index in [1.807, 2.05) is 0 Å². The van der Waals surface area contributed by atoms with Crippen molar-refractivity contribution < 1.29 is 8.78 Å². The van der Waals surface area contributed by atoms with Crippen molar-refractivity contribution in [3.05, 3.63) is 6.33 Å². The third-order valence-electron chi connectivity index (χ3n) is 1.15. The zero-order valence-corrected chi connectivity index (χ0v) is 6.96. The zero-order valence-electron chi connectivity index (χ0n) is 6.96. The van der Waals surface area contributed by atoms with Gasteiger partial charge < -0.3 is 11.1 Å². The van der Waals surface area contributed by atoms with E-state index in [1.165, 1.54) is 0 Å². The minimum Gasteiger partial charge on any atom is -0.368 e. The Morgan fingerprint density at radius 1 is 1.54 bits per heavy atom. The van der Waals surface area contributed by atoms with Gasteiger partial charge in [-0.05, 0) is 0 Å². The molecule has 0 amide bonds. The zero-order chi connectivity index (χ0) is 9.90. The number of nitrogen functional groups attached to an aromatic ring is 1. The second kappa shape index (κ2) is 3.46. The third kappa shape index (κ3) is 3.59. The van der Waals surface area contributed by atoms with Crippen molar-refractivity contribution in [2.45, 2.75) is 12.8 Å². The van der Waals surface area contributed by atoms with E-state index >= 15 is 0 Å². The molecule has 0 saturated heterocycles. The number of hydrogen-bond donors (Lipinski definition) is 2. The summed E-state index contributed by atoms with van der Waals surface area (Å²) in [4.78, 5) is 10.7. The van der Waals surface area contributed by atoms with Crippen molar-refractivity contribution in [1.82, 2.24) is 15.0 Å². The first-order chi connectivity index (χ1) is 5.97. The fraction of sp³-hybridized carbons (Fsp3) is 0.500. The molecule has 0 radical (unpaired) electrons. The first-order valence-corrected chi connectivity index (χ1v) is 3.53.